The fourth-order valence-electron chi connectivity index (χ4n) is 2.23. The first-order chi connectivity index (χ1) is 8.91. The minimum absolute atomic E-state index is 0.0100. The summed E-state index contributed by atoms with van der Waals surface area (Å²) in [4.78, 5) is 0. The van der Waals surface area contributed by atoms with E-state index >= 15 is 0 Å². The number of hydrogen-bond donors (Lipinski definition) is 1. The molecule has 2 unspecified atom stereocenters. The van der Waals surface area contributed by atoms with Gasteiger partial charge in [0.25, 0.3) is 0 Å². The maximum Gasteiger partial charge on any atom is 0.122 e. The third-order valence-electron chi connectivity index (χ3n) is 3.39. The van der Waals surface area contributed by atoms with Crippen molar-refractivity contribution in [3.05, 3.63) is 29.3 Å². The maximum absolute atomic E-state index is 9.26. The topological polar surface area (TPSA) is 45.0 Å². The summed E-state index contributed by atoms with van der Waals surface area (Å²) in [5, 5.41) is 12.5. The van der Waals surface area contributed by atoms with Crippen molar-refractivity contribution in [1.82, 2.24) is 5.32 Å². The number of ether oxygens (including phenoxy) is 1. The van der Waals surface area contributed by atoms with Gasteiger partial charge in [0, 0.05) is 6.42 Å². The monoisotopic (exact) mass is 260 g/mol. The third-order valence-corrected chi connectivity index (χ3v) is 3.39. The fourth-order valence-corrected chi connectivity index (χ4v) is 2.23. The smallest absolute Gasteiger partial charge is 0.122 e. The highest BCUT2D eigenvalue weighted by molar-refractivity contribution is 5.38. The van der Waals surface area contributed by atoms with Gasteiger partial charge < -0.3 is 4.74 Å². The number of rotatable bonds is 6. The second-order valence-electron chi connectivity index (χ2n) is 5.30. The van der Waals surface area contributed by atoms with E-state index in [1.807, 2.05) is 32.9 Å². The van der Waals surface area contributed by atoms with Crippen molar-refractivity contribution < 1.29 is 4.74 Å². The highest BCUT2D eigenvalue weighted by atomic mass is 16.5. The summed E-state index contributed by atoms with van der Waals surface area (Å²) < 4.78 is 5.98. The molecule has 1 N–H and O–H groups in total. The molecule has 1 aromatic carbocycles. The van der Waals surface area contributed by atoms with Crippen molar-refractivity contribution in [3.8, 4) is 11.8 Å². The quantitative estimate of drug-likeness (QED) is 0.853. The van der Waals surface area contributed by atoms with E-state index in [2.05, 4.69) is 31.3 Å². The predicted molar refractivity (Wildman–Crippen MR) is 78.3 cm³/mol. The summed E-state index contributed by atoms with van der Waals surface area (Å²) in [6, 6.07) is 8.39. The normalized spacial score (nSPS) is 15.4. The molecule has 0 heterocycles. The Morgan fingerprint density at radius 3 is 2.68 bits per heavy atom. The molecule has 0 saturated heterocycles. The highest BCUT2D eigenvalue weighted by Gasteiger charge is 2.26. The van der Waals surface area contributed by atoms with Crippen molar-refractivity contribution in [2.24, 2.45) is 0 Å². The summed E-state index contributed by atoms with van der Waals surface area (Å²) in [5.74, 6) is 0.907. The van der Waals surface area contributed by atoms with Crippen LogP contribution in [0.5, 0.6) is 5.75 Å². The summed E-state index contributed by atoms with van der Waals surface area (Å²) in [6.07, 6.45) is 0.647. The van der Waals surface area contributed by atoms with E-state index in [0.717, 1.165) is 17.9 Å². The Hall–Kier alpha value is -1.53. The SMILES string of the molecule is CCNC(C)(C#N)CC(C)Oc1cccc(C)c1C. The first kappa shape index (κ1) is 15.5. The molecular formula is C16H24N2O. The van der Waals surface area contributed by atoms with Crippen molar-refractivity contribution in [3.63, 3.8) is 0 Å². The maximum atomic E-state index is 9.26. The van der Waals surface area contributed by atoms with Crippen molar-refractivity contribution in [2.75, 3.05) is 6.54 Å². The first-order valence-corrected chi connectivity index (χ1v) is 6.81. The van der Waals surface area contributed by atoms with Crippen molar-refractivity contribution in [1.29, 1.82) is 5.26 Å². The van der Waals surface area contributed by atoms with Gasteiger partial charge in [-0.15, -0.1) is 0 Å². The Kier molecular flexibility index (Phi) is 5.38. The van der Waals surface area contributed by atoms with Crippen LogP contribution < -0.4 is 10.1 Å². The van der Waals surface area contributed by atoms with Crippen LogP contribution in [0.1, 0.15) is 38.3 Å². The molecule has 19 heavy (non-hydrogen) atoms. The molecular weight excluding hydrogens is 236 g/mol. The number of nitrogens with zero attached hydrogens (tertiary/aromatic N) is 1. The molecule has 0 amide bonds. The lowest BCUT2D eigenvalue weighted by Gasteiger charge is -2.27. The lowest BCUT2D eigenvalue weighted by molar-refractivity contribution is 0.179. The summed E-state index contributed by atoms with van der Waals surface area (Å²) >= 11 is 0. The van der Waals surface area contributed by atoms with Crippen LogP contribution in [-0.4, -0.2) is 18.2 Å². The molecule has 3 nitrogen and oxygen atoms in total. The second kappa shape index (κ2) is 6.58. The molecule has 0 bridgehead atoms. The van der Waals surface area contributed by atoms with Gasteiger partial charge in [0.05, 0.1) is 12.2 Å². The molecule has 1 rings (SSSR count). The third kappa shape index (κ3) is 4.25. The van der Waals surface area contributed by atoms with E-state index < -0.39 is 5.54 Å². The zero-order valence-electron chi connectivity index (χ0n) is 12.6. The number of nitriles is 1. The Labute approximate surface area is 116 Å². The zero-order valence-corrected chi connectivity index (χ0v) is 12.6. The van der Waals surface area contributed by atoms with E-state index in [0.29, 0.717) is 6.42 Å². The van der Waals surface area contributed by atoms with E-state index in [4.69, 9.17) is 4.74 Å². The van der Waals surface area contributed by atoms with Gasteiger partial charge in [-0.05, 0) is 51.4 Å². The molecule has 1 aromatic rings. The van der Waals surface area contributed by atoms with Crippen LogP contribution >= 0.6 is 0 Å². The van der Waals surface area contributed by atoms with Crippen LogP contribution in [0, 0.1) is 25.2 Å². The van der Waals surface area contributed by atoms with Crippen LogP contribution in [0.3, 0.4) is 0 Å². The minimum Gasteiger partial charge on any atom is -0.490 e. The summed E-state index contributed by atoms with van der Waals surface area (Å²) in [6.45, 7) is 10.8. The Morgan fingerprint density at radius 2 is 2.11 bits per heavy atom. The lowest BCUT2D eigenvalue weighted by atomic mass is 9.96. The van der Waals surface area contributed by atoms with Gasteiger partial charge in [-0.2, -0.15) is 5.26 Å². The van der Waals surface area contributed by atoms with Gasteiger partial charge in [-0.1, -0.05) is 19.1 Å². The summed E-state index contributed by atoms with van der Waals surface area (Å²) in [5.41, 5.74) is 1.85. The van der Waals surface area contributed by atoms with E-state index in [-0.39, 0.29) is 6.10 Å². The molecule has 104 valence electrons. The zero-order chi connectivity index (χ0) is 14.5. The Balaban J connectivity index is 2.72. The standard InChI is InChI=1S/C16H24N2O/c1-6-18-16(5,11-17)10-13(3)19-15-9-7-8-12(2)14(15)4/h7-9,13,18H,6,10H2,1-5H3. The lowest BCUT2D eigenvalue weighted by Crippen LogP contribution is -2.44. The number of nitrogens with one attached hydrogen (secondary N) is 1. The van der Waals surface area contributed by atoms with Crippen LogP contribution in [-0.2, 0) is 0 Å². The average molecular weight is 260 g/mol. The molecule has 0 saturated carbocycles. The van der Waals surface area contributed by atoms with Crippen LogP contribution in [0.4, 0.5) is 0 Å². The van der Waals surface area contributed by atoms with Crippen molar-refractivity contribution in [2.45, 2.75) is 52.7 Å². The van der Waals surface area contributed by atoms with Gasteiger partial charge in [-0.3, -0.25) is 5.32 Å². The number of hydrogen-bond acceptors (Lipinski definition) is 3. The molecule has 0 aliphatic carbocycles. The van der Waals surface area contributed by atoms with Gasteiger partial charge in [0.1, 0.15) is 11.3 Å². The van der Waals surface area contributed by atoms with Gasteiger partial charge in [-0.25, -0.2) is 0 Å². The van der Waals surface area contributed by atoms with Crippen molar-refractivity contribution >= 4 is 0 Å². The van der Waals surface area contributed by atoms with Crippen LogP contribution in [0.2, 0.25) is 0 Å². The molecule has 0 fully saturated rings. The van der Waals surface area contributed by atoms with Gasteiger partial charge in [0.15, 0.2) is 0 Å². The van der Waals surface area contributed by atoms with Crippen LogP contribution in [0.15, 0.2) is 18.2 Å². The van der Waals surface area contributed by atoms with Gasteiger partial charge in [0.2, 0.25) is 0 Å². The second-order valence-corrected chi connectivity index (χ2v) is 5.30. The Morgan fingerprint density at radius 1 is 1.42 bits per heavy atom. The minimum atomic E-state index is -0.536. The number of aryl methyl sites for hydroxylation is 1. The fraction of sp³-hybridized carbons (Fsp3) is 0.562. The van der Waals surface area contributed by atoms with Gasteiger partial charge >= 0.3 is 0 Å². The number of benzene rings is 1. The molecule has 0 aliphatic rings. The molecule has 0 radical (unpaired) electrons. The molecule has 3 heteroatoms. The molecule has 0 aliphatic heterocycles. The Bertz CT molecular complexity index is 464. The first-order valence-electron chi connectivity index (χ1n) is 6.81. The molecule has 0 aromatic heterocycles. The average Bonchev–Trinajstić information content (AvgIpc) is 2.35. The van der Waals surface area contributed by atoms with E-state index in [9.17, 15) is 5.26 Å². The predicted octanol–water partition coefficient (Wildman–Crippen LogP) is 3.35. The van der Waals surface area contributed by atoms with E-state index in [1.165, 1.54) is 5.56 Å². The molecule has 2 atom stereocenters. The molecule has 0 spiro atoms. The summed E-state index contributed by atoms with van der Waals surface area (Å²) in [7, 11) is 0. The van der Waals surface area contributed by atoms with Crippen LogP contribution in [0.25, 0.3) is 0 Å². The largest absolute Gasteiger partial charge is 0.490 e. The highest BCUT2D eigenvalue weighted by Crippen LogP contribution is 2.24. The van der Waals surface area contributed by atoms with E-state index in [1.54, 1.807) is 0 Å².